The van der Waals surface area contributed by atoms with E-state index in [1.54, 1.807) is 0 Å². The Morgan fingerprint density at radius 2 is 1.89 bits per heavy atom. The summed E-state index contributed by atoms with van der Waals surface area (Å²) in [4.78, 5) is 3.23. The summed E-state index contributed by atoms with van der Waals surface area (Å²) in [6, 6.07) is 0. The van der Waals surface area contributed by atoms with Crippen molar-refractivity contribution in [1.82, 2.24) is 0 Å². The first-order valence-corrected chi connectivity index (χ1v) is 6.78. The van der Waals surface area contributed by atoms with E-state index in [1.165, 1.54) is 0 Å². The summed E-state index contributed by atoms with van der Waals surface area (Å²) in [6.07, 6.45) is 1.98. The highest BCUT2D eigenvalue weighted by Crippen LogP contribution is 2.25. The highest BCUT2D eigenvalue weighted by Gasteiger charge is 2.28. The van der Waals surface area contributed by atoms with Gasteiger partial charge in [-0.1, -0.05) is 0 Å². The van der Waals surface area contributed by atoms with Gasteiger partial charge in [-0.2, -0.15) is 0 Å². The van der Waals surface area contributed by atoms with Gasteiger partial charge in [0.1, 0.15) is 5.75 Å². The molecule has 4 nitrogen and oxygen atoms in total. The first-order valence-electron chi connectivity index (χ1n) is 6.78. The maximum atomic E-state index is 5.98. The Morgan fingerprint density at radius 1 is 1.26 bits per heavy atom. The van der Waals surface area contributed by atoms with Gasteiger partial charge in [0.15, 0.2) is 17.7 Å². The van der Waals surface area contributed by atoms with Crippen LogP contribution in [0.2, 0.25) is 0 Å². The van der Waals surface area contributed by atoms with E-state index in [2.05, 4.69) is 25.8 Å². The van der Waals surface area contributed by atoms with E-state index >= 15 is 0 Å². The van der Waals surface area contributed by atoms with Gasteiger partial charge >= 0.3 is 0 Å². The van der Waals surface area contributed by atoms with Crippen LogP contribution in [0.15, 0.2) is 6.20 Å². The largest absolute Gasteiger partial charge is 0.492 e. The summed E-state index contributed by atoms with van der Waals surface area (Å²) in [5, 5.41) is 0. The van der Waals surface area contributed by atoms with Crippen LogP contribution in [0.3, 0.4) is 0 Å². The van der Waals surface area contributed by atoms with Gasteiger partial charge in [0, 0.05) is 12.8 Å². The summed E-state index contributed by atoms with van der Waals surface area (Å²) >= 11 is 0. The van der Waals surface area contributed by atoms with Gasteiger partial charge in [-0.3, -0.25) is 0 Å². The number of aromatic amines is 1. The summed E-state index contributed by atoms with van der Waals surface area (Å²) in [5.41, 5.74) is 3.43. The minimum absolute atomic E-state index is 0.288. The van der Waals surface area contributed by atoms with E-state index in [0.29, 0.717) is 19.8 Å². The third-order valence-electron chi connectivity index (χ3n) is 3.56. The Morgan fingerprint density at radius 3 is 2.53 bits per heavy atom. The minimum atomic E-state index is -0.458. The molecule has 0 bridgehead atoms. The minimum Gasteiger partial charge on any atom is -0.492 e. The molecule has 1 aliphatic heterocycles. The second kappa shape index (κ2) is 5.47. The molecule has 1 aromatic heterocycles. The number of pyridine rings is 1. The van der Waals surface area contributed by atoms with Crippen molar-refractivity contribution in [3.05, 3.63) is 23.0 Å². The summed E-state index contributed by atoms with van der Waals surface area (Å²) in [7, 11) is 0. The van der Waals surface area contributed by atoms with Gasteiger partial charge in [-0.15, -0.1) is 0 Å². The summed E-state index contributed by atoms with van der Waals surface area (Å²) in [5.74, 6) is 0.804. The third kappa shape index (κ3) is 3.45. The average molecular weight is 266 g/mol. The van der Waals surface area contributed by atoms with Crippen molar-refractivity contribution in [2.24, 2.45) is 5.92 Å². The van der Waals surface area contributed by atoms with Crippen molar-refractivity contribution in [2.45, 2.75) is 40.4 Å². The fourth-order valence-corrected chi connectivity index (χ4v) is 2.10. The molecule has 0 amide bonds. The van der Waals surface area contributed by atoms with Gasteiger partial charge in [0.2, 0.25) is 0 Å². The number of aryl methyl sites for hydroxylation is 2. The molecular weight excluding hydrogens is 242 g/mol. The van der Waals surface area contributed by atoms with Crippen molar-refractivity contribution in [1.29, 1.82) is 0 Å². The molecule has 4 heteroatoms. The lowest BCUT2D eigenvalue weighted by Crippen LogP contribution is -2.41. The van der Waals surface area contributed by atoms with Crippen molar-refractivity contribution >= 4 is 0 Å². The maximum Gasteiger partial charge on any atom is 0.183 e. The van der Waals surface area contributed by atoms with Gasteiger partial charge in [0.25, 0.3) is 0 Å². The van der Waals surface area contributed by atoms with E-state index < -0.39 is 5.79 Å². The lowest BCUT2D eigenvalue weighted by molar-refractivity contribution is -0.388. The van der Waals surface area contributed by atoms with Crippen LogP contribution < -0.4 is 9.72 Å². The molecule has 0 saturated carbocycles. The third-order valence-corrected chi connectivity index (χ3v) is 3.56. The van der Waals surface area contributed by atoms with Crippen LogP contribution in [-0.2, 0) is 9.47 Å². The van der Waals surface area contributed by atoms with Crippen LogP contribution in [-0.4, -0.2) is 25.6 Å². The van der Waals surface area contributed by atoms with Crippen LogP contribution in [0.1, 0.15) is 30.7 Å². The summed E-state index contributed by atoms with van der Waals surface area (Å²) in [6.45, 7) is 12.0. The van der Waals surface area contributed by atoms with E-state index in [0.717, 1.165) is 22.6 Å². The average Bonchev–Trinajstić information content (AvgIpc) is 2.36. The van der Waals surface area contributed by atoms with E-state index in [9.17, 15) is 0 Å². The molecule has 1 aromatic rings. The van der Waals surface area contributed by atoms with Crippen molar-refractivity contribution in [3.8, 4) is 5.75 Å². The molecule has 0 unspecified atom stereocenters. The number of hydrogen-bond donors (Lipinski definition) is 0. The maximum absolute atomic E-state index is 5.98. The number of rotatable bonds is 3. The first-order chi connectivity index (χ1) is 8.89. The van der Waals surface area contributed by atoms with Gasteiger partial charge in [-0.25, -0.2) is 4.98 Å². The number of H-pyrrole nitrogens is 1. The predicted octanol–water partition coefficient (Wildman–Crippen LogP) is 2.20. The molecule has 1 N–H and O–H groups in total. The zero-order chi connectivity index (χ0) is 14.0. The fraction of sp³-hybridized carbons (Fsp3) is 0.667. The van der Waals surface area contributed by atoms with E-state index in [4.69, 9.17) is 14.2 Å². The number of ether oxygens (including phenoxy) is 3. The molecule has 1 fully saturated rings. The van der Waals surface area contributed by atoms with E-state index in [-0.39, 0.29) is 5.92 Å². The standard InChI is InChI=1S/C15H23NO3/c1-10-6-16-12(3)11(2)14(10)17-7-13-8-18-15(4,5)19-9-13/h6,13H,7-9H2,1-5H3/p+1. The van der Waals surface area contributed by atoms with Crippen LogP contribution in [0.5, 0.6) is 5.75 Å². The Hall–Kier alpha value is -1.13. The molecule has 106 valence electrons. The highest BCUT2D eigenvalue weighted by atomic mass is 16.7. The zero-order valence-electron chi connectivity index (χ0n) is 12.5. The lowest BCUT2D eigenvalue weighted by Gasteiger charge is -2.34. The van der Waals surface area contributed by atoms with Crippen LogP contribution >= 0.6 is 0 Å². The van der Waals surface area contributed by atoms with Gasteiger partial charge < -0.3 is 14.2 Å². The highest BCUT2D eigenvalue weighted by molar-refractivity contribution is 5.38. The SMILES string of the molecule is Cc1c[nH+]c(C)c(C)c1OCC1COC(C)(C)OC1. The quantitative estimate of drug-likeness (QED) is 0.842. The van der Waals surface area contributed by atoms with Gasteiger partial charge in [-0.05, 0) is 27.7 Å². The Bertz CT molecular complexity index is 447. The topological polar surface area (TPSA) is 41.8 Å². The molecular formula is C15H24NO3+. The molecule has 0 radical (unpaired) electrons. The molecule has 1 aliphatic rings. The van der Waals surface area contributed by atoms with E-state index in [1.807, 2.05) is 20.0 Å². The smallest absolute Gasteiger partial charge is 0.183 e. The molecule has 0 spiro atoms. The van der Waals surface area contributed by atoms with Crippen LogP contribution in [0.4, 0.5) is 0 Å². The first kappa shape index (κ1) is 14.3. The van der Waals surface area contributed by atoms with Crippen LogP contribution in [0, 0.1) is 26.7 Å². The second-order valence-electron chi connectivity index (χ2n) is 5.75. The molecule has 0 aromatic carbocycles. The Balaban J connectivity index is 1.95. The molecule has 0 atom stereocenters. The van der Waals surface area contributed by atoms with Crippen molar-refractivity contribution in [2.75, 3.05) is 19.8 Å². The molecule has 2 rings (SSSR count). The molecule has 0 aliphatic carbocycles. The van der Waals surface area contributed by atoms with Gasteiger partial charge in [0.05, 0.1) is 30.9 Å². The van der Waals surface area contributed by atoms with Crippen LogP contribution in [0.25, 0.3) is 0 Å². The molecule has 2 heterocycles. The lowest BCUT2D eigenvalue weighted by atomic mass is 10.1. The molecule has 19 heavy (non-hydrogen) atoms. The number of nitrogens with one attached hydrogen (secondary N) is 1. The van der Waals surface area contributed by atoms with Crippen molar-refractivity contribution in [3.63, 3.8) is 0 Å². The number of aromatic nitrogens is 1. The number of hydrogen-bond acceptors (Lipinski definition) is 3. The Labute approximate surface area is 115 Å². The normalized spacial score (nSPS) is 19.4. The fourth-order valence-electron chi connectivity index (χ4n) is 2.10. The van der Waals surface area contributed by atoms with Crippen molar-refractivity contribution < 1.29 is 19.2 Å². The summed E-state index contributed by atoms with van der Waals surface area (Å²) < 4.78 is 17.3. The Kier molecular flexibility index (Phi) is 4.11. The second-order valence-corrected chi connectivity index (χ2v) is 5.75. The zero-order valence-corrected chi connectivity index (χ0v) is 12.5. The monoisotopic (exact) mass is 266 g/mol. The molecule has 1 saturated heterocycles. The predicted molar refractivity (Wildman–Crippen MR) is 72.2 cm³/mol.